The van der Waals surface area contributed by atoms with Crippen LogP contribution in [0.1, 0.15) is 37.5 Å². The van der Waals surface area contributed by atoms with E-state index < -0.39 is 5.97 Å². The summed E-state index contributed by atoms with van der Waals surface area (Å²) in [6, 6.07) is 8.10. The Kier molecular flexibility index (Phi) is 4.20. The molecule has 0 saturated carbocycles. The highest BCUT2D eigenvalue weighted by molar-refractivity contribution is 7.13. The van der Waals surface area contributed by atoms with Crippen molar-refractivity contribution >= 4 is 17.3 Å². The number of carboxylic acids is 1. The number of nitrogens with zero attached hydrogens (tertiary/aromatic N) is 2. The van der Waals surface area contributed by atoms with Gasteiger partial charge in [0.1, 0.15) is 9.88 Å². The van der Waals surface area contributed by atoms with Crippen LogP contribution >= 0.6 is 11.3 Å². The van der Waals surface area contributed by atoms with E-state index in [4.69, 9.17) is 0 Å². The largest absolute Gasteiger partial charge is 0.477 e. The van der Waals surface area contributed by atoms with Crippen molar-refractivity contribution < 1.29 is 9.90 Å². The number of benzene rings is 1. The minimum Gasteiger partial charge on any atom is -0.477 e. The highest BCUT2D eigenvalue weighted by Crippen LogP contribution is 2.33. The van der Waals surface area contributed by atoms with Crippen LogP contribution in [-0.2, 0) is 0 Å². The van der Waals surface area contributed by atoms with Gasteiger partial charge in [-0.3, -0.25) is 4.90 Å². The molecule has 1 N–H and O–H groups in total. The first-order valence-corrected chi connectivity index (χ1v) is 7.16. The number of aryl methyl sites for hydroxylation is 2. The fourth-order valence-corrected chi connectivity index (χ4v) is 3.38. The standard InChI is InChI=1S/C15H18N2O2S/c1-9-7-5-6-8-11(9)12(17(3)4)14-16-10(2)13(20-14)15(18)19/h5-8,12H,1-4H3,(H,18,19)/t12-/m1/s1. The average molecular weight is 290 g/mol. The van der Waals surface area contributed by atoms with Crippen molar-refractivity contribution in [2.75, 3.05) is 14.1 Å². The molecule has 1 aromatic heterocycles. The zero-order chi connectivity index (χ0) is 14.9. The molecule has 0 spiro atoms. The molecule has 0 aliphatic rings. The Morgan fingerprint density at radius 1 is 1.30 bits per heavy atom. The molecule has 0 unspecified atom stereocenters. The van der Waals surface area contributed by atoms with E-state index in [1.165, 1.54) is 16.9 Å². The van der Waals surface area contributed by atoms with E-state index in [9.17, 15) is 9.90 Å². The summed E-state index contributed by atoms with van der Waals surface area (Å²) in [4.78, 5) is 18.0. The minimum absolute atomic E-state index is 0.0204. The van der Waals surface area contributed by atoms with Gasteiger partial charge in [-0.15, -0.1) is 11.3 Å². The second-order valence-corrected chi connectivity index (χ2v) is 6.03. The molecule has 2 rings (SSSR count). The Hall–Kier alpha value is -1.72. The first-order valence-electron chi connectivity index (χ1n) is 6.34. The number of thiazole rings is 1. The van der Waals surface area contributed by atoms with E-state index in [2.05, 4.69) is 28.9 Å². The Bertz CT molecular complexity index is 635. The summed E-state index contributed by atoms with van der Waals surface area (Å²) in [6.07, 6.45) is 0. The molecule has 2 aromatic rings. The molecular formula is C15H18N2O2S. The second kappa shape index (κ2) is 5.73. The van der Waals surface area contributed by atoms with Crippen molar-refractivity contribution in [2.24, 2.45) is 0 Å². The fourth-order valence-electron chi connectivity index (χ4n) is 2.26. The molecule has 0 bridgehead atoms. The molecule has 5 heteroatoms. The lowest BCUT2D eigenvalue weighted by atomic mass is 10.0. The summed E-state index contributed by atoms with van der Waals surface area (Å²) in [5, 5.41) is 10.0. The Morgan fingerprint density at radius 2 is 1.95 bits per heavy atom. The molecular weight excluding hydrogens is 272 g/mol. The van der Waals surface area contributed by atoms with E-state index in [1.54, 1.807) is 6.92 Å². The number of rotatable bonds is 4. The minimum atomic E-state index is -0.909. The van der Waals surface area contributed by atoms with Crippen molar-refractivity contribution in [1.29, 1.82) is 0 Å². The third-order valence-corrected chi connectivity index (χ3v) is 4.44. The van der Waals surface area contributed by atoms with Crippen LogP contribution in [0.15, 0.2) is 24.3 Å². The molecule has 1 atom stereocenters. The molecule has 1 aromatic carbocycles. The van der Waals surface area contributed by atoms with E-state index in [0.29, 0.717) is 10.6 Å². The van der Waals surface area contributed by atoms with Gasteiger partial charge in [-0.25, -0.2) is 9.78 Å². The van der Waals surface area contributed by atoms with Crippen molar-refractivity contribution in [3.8, 4) is 0 Å². The molecule has 0 saturated heterocycles. The SMILES string of the molecule is Cc1ccccc1[C@H](c1nc(C)c(C(=O)O)s1)N(C)C. The maximum atomic E-state index is 11.2. The Labute approximate surface area is 122 Å². The molecule has 4 nitrogen and oxygen atoms in total. The zero-order valence-electron chi connectivity index (χ0n) is 12.0. The maximum Gasteiger partial charge on any atom is 0.347 e. The van der Waals surface area contributed by atoms with Crippen molar-refractivity contribution in [2.45, 2.75) is 19.9 Å². The fraction of sp³-hybridized carbons (Fsp3) is 0.333. The van der Waals surface area contributed by atoms with Crippen molar-refractivity contribution in [3.63, 3.8) is 0 Å². The Balaban J connectivity index is 2.53. The summed E-state index contributed by atoms with van der Waals surface area (Å²) >= 11 is 1.26. The number of hydrogen-bond acceptors (Lipinski definition) is 4. The predicted octanol–water partition coefficient (Wildman–Crippen LogP) is 3.11. The van der Waals surface area contributed by atoms with Gasteiger partial charge in [-0.2, -0.15) is 0 Å². The lowest BCUT2D eigenvalue weighted by Crippen LogP contribution is -2.21. The first kappa shape index (κ1) is 14.7. The number of aromatic nitrogens is 1. The summed E-state index contributed by atoms with van der Waals surface area (Å²) in [5.41, 5.74) is 2.91. The lowest BCUT2D eigenvalue weighted by Gasteiger charge is -2.24. The summed E-state index contributed by atoms with van der Waals surface area (Å²) in [7, 11) is 3.96. The van der Waals surface area contributed by atoms with Gasteiger partial charge in [0.05, 0.1) is 11.7 Å². The summed E-state index contributed by atoms with van der Waals surface area (Å²) < 4.78 is 0. The molecule has 106 valence electrons. The van der Waals surface area contributed by atoms with Crippen LogP contribution in [0.3, 0.4) is 0 Å². The highest BCUT2D eigenvalue weighted by atomic mass is 32.1. The van der Waals surface area contributed by atoms with Crippen LogP contribution in [0.2, 0.25) is 0 Å². The zero-order valence-corrected chi connectivity index (χ0v) is 12.9. The van der Waals surface area contributed by atoms with Crippen molar-refractivity contribution in [1.82, 2.24) is 9.88 Å². The molecule has 20 heavy (non-hydrogen) atoms. The maximum absolute atomic E-state index is 11.2. The second-order valence-electron chi connectivity index (χ2n) is 4.99. The van der Waals surface area contributed by atoms with Crippen molar-refractivity contribution in [3.05, 3.63) is 51.0 Å². The van der Waals surface area contributed by atoms with Gasteiger partial charge in [-0.05, 0) is 39.1 Å². The van der Waals surface area contributed by atoms with Crippen LogP contribution in [-0.4, -0.2) is 35.1 Å². The predicted molar refractivity (Wildman–Crippen MR) is 80.5 cm³/mol. The number of hydrogen-bond donors (Lipinski definition) is 1. The number of carboxylic acid groups (broad SMARTS) is 1. The summed E-state index contributed by atoms with van der Waals surface area (Å²) in [6.45, 7) is 3.80. The summed E-state index contributed by atoms with van der Waals surface area (Å²) in [5.74, 6) is -0.909. The molecule has 0 aliphatic heterocycles. The van der Waals surface area contributed by atoms with Crippen LogP contribution in [0.4, 0.5) is 0 Å². The average Bonchev–Trinajstić information content (AvgIpc) is 2.73. The van der Waals surface area contributed by atoms with E-state index in [0.717, 1.165) is 10.6 Å². The number of aromatic carboxylic acids is 1. The molecule has 0 amide bonds. The lowest BCUT2D eigenvalue weighted by molar-refractivity contribution is 0.0701. The third kappa shape index (κ3) is 2.73. The smallest absolute Gasteiger partial charge is 0.347 e. The Morgan fingerprint density at radius 3 is 2.45 bits per heavy atom. The quantitative estimate of drug-likeness (QED) is 0.940. The topological polar surface area (TPSA) is 53.4 Å². The van der Waals surface area contributed by atoms with E-state index in [1.807, 2.05) is 26.2 Å². The van der Waals surface area contributed by atoms with Gasteiger partial charge in [0.2, 0.25) is 0 Å². The molecule has 0 aliphatic carbocycles. The van der Waals surface area contributed by atoms with Crippen LogP contribution < -0.4 is 0 Å². The van der Waals surface area contributed by atoms with E-state index in [-0.39, 0.29) is 6.04 Å². The molecule has 0 radical (unpaired) electrons. The molecule has 0 fully saturated rings. The monoisotopic (exact) mass is 290 g/mol. The van der Waals surface area contributed by atoms with Crippen LogP contribution in [0.5, 0.6) is 0 Å². The van der Waals surface area contributed by atoms with Crippen LogP contribution in [0, 0.1) is 13.8 Å². The van der Waals surface area contributed by atoms with Gasteiger partial charge in [0, 0.05) is 0 Å². The third-order valence-electron chi connectivity index (χ3n) is 3.24. The molecule has 1 heterocycles. The van der Waals surface area contributed by atoms with Crippen LogP contribution in [0.25, 0.3) is 0 Å². The van der Waals surface area contributed by atoms with Gasteiger partial charge < -0.3 is 5.11 Å². The van der Waals surface area contributed by atoms with Gasteiger partial charge >= 0.3 is 5.97 Å². The highest BCUT2D eigenvalue weighted by Gasteiger charge is 2.24. The van der Waals surface area contributed by atoms with E-state index >= 15 is 0 Å². The first-order chi connectivity index (χ1) is 9.41. The normalized spacial score (nSPS) is 12.7. The van der Waals surface area contributed by atoms with Gasteiger partial charge in [0.25, 0.3) is 0 Å². The number of carbonyl (C=O) groups is 1. The van der Waals surface area contributed by atoms with Gasteiger partial charge in [-0.1, -0.05) is 24.3 Å². The van der Waals surface area contributed by atoms with Gasteiger partial charge in [0.15, 0.2) is 0 Å².